The summed E-state index contributed by atoms with van der Waals surface area (Å²) in [5.41, 5.74) is 0. The Kier molecular flexibility index (Phi) is 60.7. The Hall–Kier alpha value is -3.07. The van der Waals surface area contributed by atoms with Crippen molar-refractivity contribution in [3.8, 4) is 0 Å². The van der Waals surface area contributed by atoms with Crippen LogP contribution in [0.4, 0.5) is 0 Å². The Morgan fingerprint density at radius 2 is 0.726 bits per heavy atom. The van der Waals surface area contributed by atoms with Gasteiger partial charge < -0.3 is 19.4 Å². The van der Waals surface area contributed by atoms with Crippen LogP contribution in [0.3, 0.4) is 0 Å². The minimum absolute atomic E-state index is 0.0337. The zero-order chi connectivity index (χ0) is 61.4. The molecule has 0 aromatic heterocycles. The zero-order valence-corrected chi connectivity index (χ0v) is 56.5. The number of allylic oxidation sites excluding steroid dienone is 15. The summed E-state index contributed by atoms with van der Waals surface area (Å²) >= 11 is 0. The van der Waals surface area contributed by atoms with Gasteiger partial charge in [0.05, 0.1) is 33.8 Å². The number of phosphoric acid groups is 1. The normalized spacial score (nSPS) is 14.1. The van der Waals surface area contributed by atoms with E-state index in [0.29, 0.717) is 17.4 Å². The summed E-state index contributed by atoms with van der Waals surface area (Å²) in [5.74, 6) is -0.519. The highest BCUT2D eigenvalue weighted by Gasteiger charge is 2.30. The van der Waals surface area contributed by atoms with Crippen molar-refractivity contribution in [1.29, 1.82) is 0 Å². The summed E-state index contributed by atoms with van der Waals surface area (Å²) in [5, 5.41) is 3.06. The van der Waals surface area contributed by atoms with Crippen LogP contribution in [0.2, 0.25) is 0 Å². The van der Waals surface area contributed by atoms with Gasteiger partial charge in [0, 0.05) is 12.8 Å². The van der Waals surface area contributed by atoms with Crippen LogP contribution in [0.25, 0.3) is 0 Å². The van der Waals surface area contributed by atoms with E-state index in [-0.39, 0.29) is 31.5 Å². The molecule has 2 N–H and O–H groups in total. The van der Waals surface area contributed by atoms with Crippen LogP contribution in [-0.2, 0) is 27.9 Å². The molecule has 10 heteroatoms. The lowest BCUT2D eigenvalue weighted by Gasteiger charge is -2.27. The van der Waals surface area contributed by atoms with Gasteiger partial charge in [-0.1, -0.05) is 279 Å². The summed E-state index contributed by atoms with van der Waals surface area (Å²) < 4.78 is 30.8. The molecule has 486 valence electrons. The molecule has 3 atom stereocenters. The van der Waals surface area contributed by atoms with Crippen LogP contribution in [0, 0.1) is 0 Å². The number of amides is 1. The molecule has 0 heterocycles. The largest absolute Gasteiger partial charge is 0.472 e. The Balaban J connectivity index is 5.14. The summed E-state index contributed by atoms with van der Waals surface area (Å²) in [6, 6.07) is -0.861. The maximum Gasteiger partial charge on any atom is 0.472 e. The standard InChI is InChI=1S/C74H133N2O7P/c1-7-10-13-16-19-22-25-28-30-32-34-36-38-40-42-44-46-48-51-54-57-60-63-66-73(77)75-71(70-82-84(79,80)81-69-68-76(4,5)6)72(65-62-59-56-53-50-27-24-21-18-15-12-9-3)83-74(78)67-64-61-58-55-52-49-47-45-43-41-39-37-35-33-31-29-26-23-20-17-14-11-8-2/h19-20,22-23,28-31,34-37,41,43,62,65,71-72H,7-18,21,24-27,32-33,38-40,42,44-61,63-64,66-70H2,1-6H3,(H-,75,77,79,80)/p+1/b22-19-,23-20-,30-28-,31-29-,36-34-,37-35-,43-41-,65-62+. The molecule has 3 unspecified atom stereocenters. The van der Waals surface area contributed by atoms with Gasteiger partial charge in [-0.05, 0) is 115 Å². The van der Waals surface area contributed by atoms with Crippen molar-refractivity contribution >= 4 is 19.7 Å². The molecule has 0 aromatic carbocycles. The number of nitrogens with zero attached hydrogens (tertiary/aromatic N) is 1. The molecular formula is C74H134N2O7P+. The number of phosphoric ester groups is 1. The van der Waals surface area contributed by atoms with E-state index < -0.39 is 20.0 Å². The lowest BCUT2D eigenvalue weighted by atomic mass is 10.0. The third-order valence-corrected chi connectivity index (χ3v) is 16.2. The number of unbranched alkanes of at least 4 members (excludes halogenated alkanes) is 33. The average molecular weight is 1190 g/mol. The van der Waals surface area contributed by atoms with E-state index >= 15 is 0 Å². The number of esters is 1. The average Bonchev–Trinajstić information content (AvgIpc) is 3.65. The lowest BCUT2D eigenvalue weighted by Crippen LogP contribution is -2.47. The topological polar surface area (TPSA) is 111 Å². The summed E-state index contributed by atoms with van der Waals surface area (Å²) in [6.07, 6.45) is 85.5. The highest BCUT2D eigenvalue weighted by molar-refractivity contribution is 7.47. The Morgan fingerprint density at radius 1 is 0.417 bits per heavy atom. The Labute approximate surface area is 519 Å². The van der Waals surface area contributed by atoms with Crippen molar-refractivity contribution < 1.29 is 37.3 Å². The summed E-state index contributed by atoms with van der Waals surface area (Å²) in [6.45, 7) is 6.96. The van der Waals surface area contributed by atoms with Crippen LogP contribution in [0.5, 0.6) is 0 Å². The van der Waals surface area contributed by atoms with Gasteiger partial charge in [-0.2, -0.15) is 0 Å². The van der Waals surface area contributed by atoms with Crippen LogP contribution in [0.1, 0.15) is 310 Å². The molecule has 0 radical (unpaired) electrons. The SMILES string of the molecule is CCCCC/C=C\C/C=C\C/C=C\C/C=C\CCCCCCCCCC(=O)OC(/C=C/CCCCCCCCCCCC)C(COP(=O)(O)OCC[N+](C)(C)C)NC(=O)CCCCCCCCCCCC/C=C\C/C=C\C/C=C\CCCCC. The third kappa shape index (κ3) is 63.4. The predicted octanol–water partition coefficient (Wildman–Crippen LogP) is 22.3. The first-order valence-corrected chi connectivity index (χ1v) is 36.6. The van der Waals surface area contributed by atoms with Crippen LogP contribution < -0.4 is 5.32 Å². The van der Waals surface area contributed by atoms with Crippen molar-refractivity contribution in [3.05, 3.63) is 97.2 Å². The lowest BCUT2D eigenvalue weighted by molar-refractivity contribution is -0.870. The maximum absolute atomic E-state index is 13.6. The Bertz CT molecular complexity index is 1760. The van der Waals surface area contributed by atoms with E-state index in [1.54, 1.807) is 0 Å². The molecule has 0 saturated carbocycles. The molecule has 0 spiro atoms. The van der Waals surface area contributed by atoms with Gasteiger partial charge in [0.15, 0.2) is 0 Å². The summed E-state index contributed by atoms with van der Waals surface area (Å²) in [7, 11) is 1.48. The van der Waals surface area contributed by atoms with Crippen LogP contribution >= 0.6 is 7.82 Å². The fraction of sp³-hybridized carbons (Fsp3) is 0.757. The van der Waals surface area contributed by atoms with Gasteiger partial charge >= 0.3 is 13.8 Å². The second-order valence-electron chi connectivity index (χ2n) is 24.7. The molecule has 0 fully saturated rings. The fourth-order valence-electron chi connectivity index (χ4n) is 9.81. The third-order valence-electron chi connectivity index (χ3n) is 15.2. The molecule has 0 aliphatic carbocycles. The number of nitrogens with one attached hydrogen (secondary N) is 1. The molecule has 0 rings (SSSR count). The number of hydrogen-bond donors (Lipinski definition) is 2. The number of quaternary nitrogens is 1. The molecule has 0 aliphatic heterocycles. The van der Waals surface area contributed by atoms with E-state index in [4.69, 9.17) is 13.8 Å². The number of carbonyl (C=O) groups is 2. The van der Waals surface area contributed by atoms with Crippen LogP contribution in [0.15, 0.2) is 97.2 Å². The number of carbonyl (C=O) groups excluding carboxylic acids is 2. The minimum Gasteiger partial charge on any atom is -0.456 e. The van der Waals surface area contributed by atoms with Crippen molar-refractivity contribution in [2.24, 2.45) is 0 Å². The monoisotopic (exact) mass is 1190 g/mol. The molecule has 0 bridgehead atoms. The first kappa shape index (κ1) is 80.9. The van der Waals surface area contributed by atoms with Crippen molar-refractivity contribution in [2.45, 2.75) is 322 Å². The van der Waals surface area contributed by atoms with Gasteiger partial charge in [0.2, 0.25) is 5.91 Å². The molecule has 84 heavy (non-hydrogen) atoms. The van der Waals surface area contributed by atoms with Gasteiger partial charge in [0.1, 0.15) is 19.3 Å². The highest BCUT2D eigenvalue weighted by Crippen LogP contribution is 2.43. The first-order valence-electron chi connectivity index (χ1n) is 35.1. The van der Waals surface area contributed by atoms with Crippen molar-refractivity contribution in [2.75, 3.05) is 40.9 Å². The number of ether oxygens (including phenoxy) is 1. The smallest absolute Gasteiger partial charge is 0.456 e. The quantitative estimate of drug-likeness (QED) is 0.0205. The van der Waals surface area contributed by atoms with Gasteiger partial charge in [-0.3, -0.25) is 18.6 Å². The van der Waals surface area contributed by atoms with Crippen molar-refractivity contribution in [1.82, 2.24) is 5.32 Å². The van der Waals surface area contributed by atoms with E-state index in [1.165, 1.54) is 161 Å². The second kappa shape index (κ2) is 63.0. The zero-order valence-electron chi connectivity index (χ0n) is 55.6. The molecule has 0 aromatic rings. The van der Waals surface area contributed by atoms with Crippen LogP contribution in [-0.4, -0.2) is 74.3 Å². The molecular weight excluding hydrogens is 1060 g/mol. The van der Waals surface area contributed by atoms with E-state index in [1.807, 2.05) is 33.3 Å². The fourth-order valence-corrected chi connectivity index (χ4v) is 10.5. The van der Waals surface area contributed by atoms with Gasteiger partial charge in [-0.25, -0.2) is 4.57 Å². The van der Waals surface area contributed by atoms with Gasteiger partial charge in [-0.15, -0.1) is 0 Å². The second-order valence-corrected chi connectivity index (χ2v) is 26.1. The van der Waals surface area contributed by atoms with Gasteiger partial charge in [0.25, 0.3) is 0 Å². The molecule has 0 aliphatic rings. The number of likely N-dealkylation sites (N-methyl/N-ethyl adjacent to an activating group) is 1. The number of hydrogen-bond acceptors (Lipinski definition) is 6. The van der Waals surface area contributed by atoms with Crippen molar-refractivity contribution in [3.63, 3.8) is 0 Å². The maximum atomic E-state index is 13.6. The van der Waals surface area contributed by atoms with E-state index in [0.717, 1.165) is 116 Å². The number of rotatable bonds is 63. The Morgan fingerprint density at radius 3 is 1.11 bits per heavy atom. The first-order chi connectivity index (χ1) is 40.9. The minimum atomic E-state index is -4.46. The molecule has 1 amide bonds. The van der Waals surface area contributed by atoms with E-state index in [9.17, 15) is 19.0 Å². The molecule has 9 nitrogen and oxygen atoms in total. The highest BCUT2D eigenvalue weighted by atomic mass is 31.2. The molecule has 0 saturated heterocycles. The predicted molar refractivity (Wildman–Crippen MR) is 364 cm³/mol. The van der Waals surface area contributed by atoms with E-state index in [2.05, 4.69) is 111 Å². The summed E-state index contributed by atoms with van der Waals surface area (Å²) in [4.78, 5) is 37.9.